The van der Waals surface area contributed by atoms with Crippen LogP contribution in [0.25, 0.3) is 11.5 Å². The van der Waals surface area contributed by atoms with Crippen LogP contribution < -0.4 is 5.32 Å². The van der Waals surface area contributed by atoms with Gasteiger partial charge in [-0.1, -0.05) is 11.2 Å². The van der Waals surface area contributed by atoms with E-state index >= 15 is 0 Å². The van der Waals surface area contributed by atoms with Crippen molar-refractivity contribution in [3.63, 3.8) is 0 Å². The summed E-state index contributed by atoms with van der Waals surface area (Å²) in [5, 5.41) is 6.39. The molecule has 0 fully saturated rings. The van der Waals surface area contributed by atoms with E-state index in [0.717, 1.165) is 18.4 Å². The Balaban J connectivity index is 1.84. The number of hydrogen-bond donors (Lipinski definition) is 1. The van der Waals surface area contributed by atoms with Crippen LogP contribution in [0.4, 0.5) is 0 Å². The van der Waals surface area contributed by atoms with E-state index in [1.807, 2.05) is 6.07 Å². The monoisotopic (exact) mass is 271 g/mol. The van der Waals surface area contributed by atoms with E-state index in [1.54, 1.807) is 7.05 Å². The number of amides is 1. The minimum atomic E-state index is -0.122. The molecule has 0 atom stereocenters. The smallest absolute Gasteiger partial charge is 0.257 e. The highest BCUT2D eigenvalue weighted by Gasteiger charge is 2.14. The van der Waals surface area contributed by atoms with Crippen LogP contribution in [0.2, 0.25) is 0 Å². The first-order valence-corrected chi connectivity index (χ1v) is 6.91. The Kier molecular flexibility index (Phi) is 3.50. The van der Waals surface area contributed by atoms with Crippen LogP contribution in [0, 0.1) is 0 Å². The molecular weight excluding hydrogens is 254 g/mol. The molecule has 104 valence electrons. The van der Waals surface area contributed by atoms with Crippen LogP contribution >= 0.6 is 0 Å². The van der Waals surface area contributed by atoms with Gasteiger partial charge in [-0.3, -0.25) is 4.79 Å². The number of nitrogens with zero attached hydrogens (tertiary/aromatic N) is 2. The lowest BCUT2D eigenvalue weighted by Gasteiger charge is -2.15. The minimum absolute atomic E-state index is 0.122. The van der Waals surface area contributed by atoms with Gasteiger partial charge in [0.1, 0.15) is 0 Å². The van der Waals surface area contributed by atoms with Crippen molar-refractivity contribution in [1.82, 2.24) is 15.5 Å². The highest BCUT2D eigenvalue weighted by Crippen LogP contribution is 2.26. The summed E-state index contributed by atoms with van der Waals surface area (Å²) in [5.41, 5.74) is 3.73. The van der Waals surface area contributed by atoms with Crippen LogP contribution in [0.5, 0.6) is 0 Å². The molecule has 5 nitrogen and oxygen atoms in total. The molecule has 0 radical (unpaired) electrons. The van der Waals surface area contributed by atoms with E-state index in [9.17, 15) is 4.79 Å². The first-order valence-electron chi connectivity index (χ1n) is 6.91. The van der Waals surface area contributed by atoms with E-state index in [0.29, 0.717) is 11.7 Å². The van der Waals surface area contributed by atoms with E-state index in [-0.39, 0.29) is 12.3 Å². The minimum Gasteiger partial charge on any atom is -0.359 e. The van der Waals surface area contributed by atoms with E-state index in [1.165, 1.54) is 24.0 Å². The van der Waals surface area contributed by atoms with Crippen molar-refractivity contribution in [3.8, 4) is 11.5 Å². The van der Waals surface area contributed by atoms with Crippen molar-refractivity contribution in [2.45, 2.75) is 32.1 Å². The lowest BCUT2D eigenvalue weighted by molar-refractivity contribution is -0.120. The van der Waals surface area contributed by atoms with Gasteiger partial charge in [0.15, 0.2) is 5.82 Å². The average molecular weight is 271 g/mol. The van der Waals surface area contributed by atoms with Crippen molar-refractivity contribution in [2.75, 3.05) is 7.05 Å². The zero-order chi connectivity index (χ0) is 13.9. The van der Waals surface area contributed by atoms with Gasteiger partial charge in [-0.25, -0.2) is 0 Å². The zero-order valence-electron chi connectivity index (χ0n) is 11.5. The lowest BCUT2D eigenvalue weighted by atomic mass is 9.90. The van der Waals surface area contributed by atoms with Gasteiger partial charge < -0.3 is 9.84 Å². The summed E-state index contributed by atoms with van der Waals surface area (Å²) in [4.78, 5) is 15.6. The summed E-state index contributed by atoms with van der Waals surface area (Å²) in [6.45, 7) is 0. The number of carbonyl (C=O) groups is 1. The number of rotatable bonds is 3. The Labute approximate surface area is 117 Å². The van der Waals surface area contributed by atoms with Crippen molar-refractivity contribution < 1.29 is 9.32 Å². The third kappa shape index (κ3) is 2.57. The molecule has 3 rings (SSSR count). The quantitative estimate of drug-likeness (QED) is 0.925. The second-order valence-corrected chi connectivity index (χ2v) is 5.06. The molecule has 1 heterocycles. The van der Waals surface area contributed by atoms with Crippen molar-refractivity contribution >= 4 is 5.91 Å². The van der Waals surface area contributed by atoms with Gasteiger partial charge in [0.25, 0.3) is 5.89 Å². The van der Waals surface area contributed by atoms with Crippen LogP contribution in [0.1, 0.15) is 29.8 Å². The molecule has 0 spiro atoms. The lowest BCUT2D eigenvalue weighted by Crippen LogP contribution is -2.20. The maximum atomic E-state index is 11.3. The van der Waals surface area contributed by atoms with E-state index in [4.69, 9.17) is 4.52 Å². The molecule has 20 heavy (non-hydrogen) atoms. The largest absolute Gasteiger partial charge is 0.359 e. The van der Waals surface area contributed by atoms with E-state index in [2.05, 4.69) is 27.6 Å². The third-order valence-electron chi connectivity index (χ3n) is 3.66. The third-order valence-corrected chi connectivity index (χ3v) is 3.66. The molecule has 1 amide bonds. The van der Waals surface area contributed by atoms with Crippen LogP contribution in [0.15, 0.2) is 22.7 Å². The van der Waals surface area contributed by atoms with Crippen LogP contribution in [-0.2, 0) is 24.1 Å². The highest BCUT2D eigenvalue weighted by molar-refractivity contribution is 5.77. The topological polar surface area (TPSA) is 68.0 Å². The fourth-order valence-electron chi connectivity index (χ4n) is 2.54. The fourth-order valence-corrected chi connectivity index (χ4v) is 2.54. The average Bonchev–Trinajstić information content (AvgIpc) is 2.95. The highest BCUT2D eigenvalue weighted by atomic mass is 16.5. The molecule has 1 aliphatic carbocycles. The zero-order valence-corrected chi connectivity index (χ0v) is 11.5. The number of aromatic nitrogens is 2. The van der Waals surface area contributed by atoms with Gasteiger partial charge in [-0.15, -0.1) is 0 Å². The molecule has 1 aliphatic rings. The fraction of sp³-hybridized carbons (Fsp3) is 0.400. The summed E-state index contributed by atoms with van der Waals surface area (Å²) in [6.07, 6.45) is 4.92. The maximum Gasteiger partial charge on any atom is 0.257 e. The maximum absolute atomic E-state index is 11.3. The summed E-state index contributed by atoms with van der Waals surface area (Å²) in [6, 6.07) is 6.29. The number of carbonyl (C=O) groups excluding carboxylic acids is 1. The molecule has 1 aromatic heterocycles. The second-order valence-electron chi connectivity index (χ2n) is 5.06. The molecule has 5 heteroatoms. The molecule has 0 unspecified atom stereocenters. The number of benzene rings is 1. The molecule has 2 aromatic rings. The number of hydrogen-bond acceptors (Lipinski definition) is 4. The van der Waals surface area contributed by atoms with Gasteiger partial charge in [0, 0.05) is 12.6 Å². The van der Waals surface area contributed by atoms with Gasteiger partial charge in [-0.2, -0.15) is 4.98 Å². The standard InChI is InChI=1S/C15H17N3O2/c1-16-14(19)9-13-17-15(20-18-13)12-7-6-10-4-2-3-5-11(10)8-12/h6-8H,2-5,9H2,1H3,(H,16,19). The Bertz CT molecular complexity index is 634. The summed E-state index contributed by atoms with van der Waals surface area (Å²) < 4.78 is 5.25. The van der Waals surface area contributed by atoms with Crippen molar-refractivity contribution in [1.29, 1.82) is 0 Å². The second kappa shape index (κ2) is 5.45. The Morgan fingerprint density at radius 3 is 2.90 bits per heavy atom. The summed E-state index contributed by atoms with van der Waals surface area (Å²) >= 11 is 0. The Morgan fingerprint density at radius 1 is 1.30 bits per heavy atom. The van der Waals surface area contributed by atoms with Crippen molar-refractivity contribution in [2.24, 2.45) is 0 Å². The molecular formula is C15H17N3O2. The molecule has 1 aromatic carbocycles. The first-order chi connectivity index (χ1) is 9.76. The molecule has 0 aliphatic heterocycles. The Hall–Kier alpha value is -2.17. The SMILES string of the molecule is CNC(=O)Cc1noc(-c2ccc3c(c2)CCCC3)n1. The van der Waals surface area contributed by atoms with Crippen LogP contribution in [-0.4, -0.2) is 23.1 Å². The van der Waals surface area contributed by atoms with Gasteiger partial charge >= 0.3 is 0 Å². The summed E-state index contributed by atoms with van der Waals surface area (Å²) in [7, 11) is 1.59. The van der Waals surface area contributed by atoms with Crippen molar-refractivity contribution in [3.05, 3.63) is 35.2 Å². The summed E-state index contributed by atoms with van der Waals surface area (Å²) in [5.74, 6) is 0.775. The predicted molar refractivity (Wildman–Crippen MR) is 74.1 cm³/mol. The van der Waals surface area contributed by atoms with Crippen LogP contribution in [0.3, 0.4) is 0 Å². The molecule has 0 bridgehead atoms. The van der Waals surface area contributed by atoms with E-state index < -0.39 is 0 Å². The number of likely N-dealkylation sites (N-methyl/N-ethyl adjacent to an activating group) is 1. The molecule has 0 saturated heterocycles. The van der Waals surface area contributed by atoms with Gasteiger partial charge in [-0.05, 0) is 48.9 Å². The van der Waals surface area contributed by atoms with Gasteiger partial charge in [0.2, 0.25) is 5.91 Å². The molecule has 0 saturated carbocycles. The number of nitrogens with one attached hydrogen (secondary N) is 1. The predicted octanol–water partition coefficient (Wildman–Crippen LogP) is 1.90. The normalized spacial score (nSPS) is 13.8. The number of fused-ring (bicyclic) bond motifs is 1. The number of aryl methyl sites for hydroxylation is 2. The Morgan fingerprint density at radius 2 is 2.10 bits per heavy atom. The first kappa shape index (κ1) is 12.8. The molecule has 1 N–H and O–H groups in total. The van der Waals surface area contributed by atoms with Gasteiger partial charge in [0.05, 0.1) is 6.42 Å².